The number of piperidine rings is 1. The molecule has 0 radical (unpaired) electrons. The quantitative estimate of drug-likeness (QED) is 0.0932. The van der Waals surface area contributed by atoms with Crippen molar-refractivity contribution in [2.24, 2.45) is 0 Å². The molecule has 0 atom stereocenters. The Kier molecular flexibility index (Phi) is 10.8. The summed E-state index contributed by atoms with van der Waals surface area (Å²) in [5.41, 5.74) is 4.20. The summed E-state index contributed by atoms with van der Waals surface area (Å²) in [6, 6.07) is 21.1. The summed E-state index contributed by atoms with van der Waals surface area (Å²) in [5.74, 6) is 0. The molecule has 0 saturated carbocycles. The predicted octanol–water partition coefficient (Wildman–Crippen LogP) is 10.2. The first-order valence-electron chi connectivity index (χ1n) is 16.3. The van der Waals surface area contributed by atoms with E-state index in [0.29, 0.717) is 66.4 Å². The number of benzene rings is 3. The number of ether oxygens (including phenoxy) is 3. The topological polar surface area (TPSA) is 70.2 Å². The minimum absolute atomic E-state index is 0.270. The molecule has 11 heteroatoms. The van der Waals surface area contributed by atoms with E-state index in [0.717, 1.165) is 28.3 Å². The standard InChI is InChI=1S/C37H44Cl2N4O4Si/c1-36(2,3)47-35(44)42-17-15-37(16-18-42,28-13-11-26(12-14-28)27-9-8-10-29(21-27)40-4)24-46-34-41-32-22-30(38)31(39)23-33(32)43(34)25-45-19-20-48(5,6)7/h8-14,21-23H,15-20,24-25H2,1-3,5-7H3. The van der Waals surface area contributed by atoms with Crippen molar-refractivity contribution >= 4 is 54.1 Å². The van der Waals surface area contributed by atoms with E-state index in [1.165, 1.54) is 0 Å². The molecule has 8 nitrogen and oxygen atoms in total. The second-order valence-corrected chi connectivity index (χ2v) is 21.1. The lowest BCUT2D eigenvalue weighted by molar-refractivity contribution is 0.0123. The van der Waals surface area contributed by atoms with Crippen LogP contribution in [0.2, 0.25) is 35.7 Å². The monoisotopic (exact) mass is 706 g/mol. The fourth-order valence-electron chi connectivity index (χ4n) is 5.80. The summed E-state index contributed by atoms with van der Waals surface area (Å²) in [4.78, 5) is 23.2. The minimum atomic E-state index is -1.28. The highest BCUT2D eigenvalue weighted by Crippen LogP contribution is 2.39. The van der Waals surface area contributed by atoms with Crippen LogP contribution < -0.4 is 4.74 Å². The number of rotatable bonds is 10. The van der Waals surface area contributed by atoms with Crippen LogP contribution in [0.5, 0.6) is 6.01 Å². The highest BCUT2D eigenvalue weighted by atomic mass is 35.5. The average molecular weight is 708 g/mol. The van der Waals surface area contributed by atoms with Crippen molar-refractivity contribution < 1.29 is 19.0 Å². The van der Waals surface area contributed by atoms with Crippen LogP contribution in [-0.4, -0.2) is 60.5 Å². The highest BCUT2D eigenvalue weighted by Gasteiger charge is 2.40. The van der Waals surface area contributed by atoms with Crippen LogP contribution in [0.3, 0.4) is 0 Å². The van der Waals surface area contributed by atoms with Crippen molar-refractivity contribution in [2.45, 2.75) is 77.0 Å². The van der Waals surface area contributed by atoms with Crippen LogP contribution in [0, 0.1) is 6.57 Å². The zero-order chi connectivity index (χ0) is 34.7. The molecule has 0 aliphatic carbocycles. The zero-order valence-electron chi connectivity index (χ0n) is 28.6. The molecule has 1 fully saturated rings. The first-order chi connectivity index (χ1) is 22.7. The Morgan fingerprint density at radius 2 is 1.69 bits per heavy atom. The van der Waals surface area contributed by atoms with Crippen molar-refractivity contribution in [1.82, 2.24) is 14.5 Å². The van der Waals surface area contributed by atoms with Crippen LogP contribution in [0.4, 0.5) is 10.5 Å². The largest absolute Gasteiger partial charge is 0.464 e. The van der Waals surface area contributed by atoms with Crippen LogP contribution in [0.1, 0.15) is 39.2 Å². The number of amides is 1. The van der Waals surface area contributed by atoms with E-state index in [-0.39, 0.29) is 12.8 Å². The number of carbonyl (C=O) groups is 1. The smallest absolute Gasteiger partial charge is 0.410 e. The molecule has 1 aromatic heterocycles. The van der Waals surface area contributed by atoms with Gasteiger partial charge in [-0.1, -0.05) is 85.3 Å². The van der Waals surface area contributed by atoms with Crippen LogP contribution >= 0.6 is 23.2 Å². The van der Waals surface area contributed by atoms with E-state index in [4.69, 9.17) is 49.0 Å². The van der Waals surface area contributed by atoms with Gasteiger partial charge in [-0.3, -0.25) is 4.57 Å². The summed E-state index contributed by atoms with van der Waals surface area (Å²) in [6.45, 7) is 22.3. The lowest BCUT2D eigenvalue weighted by Crippen LogP contribution is -2.49. The molecule has 0 spiro atoms. The fraction of sp³-hybridized carbons (Fsp3) is 0.432. The normalized spacial score (nSPS) is 14.9. The van der Waals surface area contributed by atoms with Gasteiger partial charge in [-0.25, -0.2) is 9.64 Å². The summed E-state index contributed by atoms with van der Waals surface area (Å²) in [5, 5.41) is 0.861. The molecule has 0 N–H and O–H groups in total. The summed E-state index contributed by atoms with van der Waals surface area (Å²) in [6.07, 6.45) is 1.03. The number of imidazole rings is 1. The lowest BCUT2D eigenvalue weighted by atomic mass is 9.73. The minimum Gasteiger partial charge on any atom is -0.464 e. The molecule has 1 amide bonds. The Morgan fingerprint density at radius 3 is 2.33 bits per heavy atom. The van der Waals surface area contributed by atoms with Crippen molar-refractivity contribution in [3.63, 3.8) is 0 Å². The van der Waals surface area contributed by atoms with Crippen LogP contribution in [-0.2, 0) is 21.6 Å². The molecule has 5 rings (SSSR count). The number of carbonyl (C=O) groups excluding carboxylic acids is 1. The van der Waals surface area contributed by atoms with Crippen LogP contribution in [0.15, 0.2) is 60.7 Å². The molecule has 48 heavy (non-hydrogen) atoms. The van der Waals surface area contributed by atoms with E-state index in [1.807, 2.05) is 49.6 Å². The van der Waals surface area contributed by atoms with Gasteiger partial charge >= 0.3 is 6.09 Å². The van der Waals surface area contributed by atoms with E-state index < -0.39 is 19.1 Å². The Bertz CT molecular complexity index is 1800. The van der Waals surface area contributed by atoms with Gasteiger partial charge in [0.25, 0.3) is 6.01 Å². The predicted molar refractivity (Wildman–Crippen MR) is 196 cm³/mol. The maximum absolute atomic E-state index is 13.0. The third-order valence-corrected chi connectivity index (χ3v) is 11.1. The molecule has 0 bridgehead atoms. The third-order valence-electron chi connectivity index (χ3n) is 8.63. The molecular formula is C37H44Cl2N4O4Si. The Hall–Kier alpha value is -3.55. The van der Waals surface area contributed by atoms with Crippen molar-refractivity contribution in [2.75, 3.05) is 26.3 Å². The second-order valence-electron chi connectivity index (χ2n) is 14.7. The lowest BCUT2D eigenvalue weighted by Gasteiger charge is -2.42. The number of hydrogen-bond acceptors (Lipinski definition) is 5. The number of aromatic nitrogens is 2. The summed E-state index contributed by atoms with van der Waals surface area (Å²) >= 11 is 12.8. The number of halogens is 2. The number of likely N-dealkylation sites (tertiary alicyclic amines) is 1. The maximum Gasteiger partial charge on any atom is 0.410 e. The molecule has 4 aromatic rings. The van der Waals surface area contributed by atoms with E-state index in [1.54, 1.807) is 17.0 Å². The first-order valence-corrected chi connectivity index (χ1v) is 20.7. The van der Waals surface area contributed by atoms with Gasteiger partial charge in [0.05, 0.1) is 27.7 Å². The van der Waals surface area contributed by atoms with Crippen molar-refractivity contribution in [3.8, 4) is 17.1 Å². The maximum atomic E-state index is 13.0. The molecular weight excluding hydrogens is 663 g/mol. The summed E-state index contributed by atoms with van der Waals surface area (Å²) < 4.78 is 20.4. The second kappa shape index (κ2) is 14.5. The van der Waals surface area contributed by atoms with E-state index in [9.17, 15) is 4.79 Å². The molecule has 1 saturated heterocycles. The van der Waals surface area contributed by atoms with E-state index in [2.05, 4.69) is 48.8 Å². The van der Waals surface area contributed by atoms with Gasteiger partial charge < -0.3 is 19.1 Å². The first kappa shape index (κ1) is 35.7. The SMILES string of the molecule is [C-]#[N+]c1cccc(-c2ccc(C3(COc4nc5cc(Cl)c(Cl)cc5n4COCC[Si](C)(C)C)CCN(C(=O)OC(C)(C)C)CC3)cc2)c1. The highest BCUT2D eigenvalue weighted by molar-refractivity contribution is 6.76. The number of fused-ring (bicyclic) bond motifs is 1. The third kappa shape index (κ3) is 8.72. The molecule has 2 heterocycles. The van der Waals surface area contributed by atoms with Gasteiger partial charge in [0.15, 0.2) is 5.69 Å². The van der Waals surface area contributed by atoms with Gasteiger partial charge in [0, 0.05) is 33.2 Å². The average Bonchev–Trinajstić information content (AvgIpc) is 3.37. The zero-order valence-corrected chi connectivity index (χ0v) is 31.1. The van der Waals surface area contributed by atoms with Crippen molar-refractivity contribution in [1.29, 1.82) is 0 Å². The van der Waals surface area contributed by atoms with Gasteiger partial charge in [-0.2, -0.15) is 4.98 Å². The summed E-state index contributed by atoms with van der Waals surface area (Å²) in [7, 11) is -1.28. The van der Waals surface area contributed by atoms with Crippen molar-refractivity contribution in [3.05, 3.63) is 87.7 Å². The molecule has 3 aromatic carbocycles. The van der Waals surface area contributed by atoms with Gasteiger partial charge in [-0.05, 0) is 74.5 Å². The number of nitrogens with zero attached hydrogens (tertiary/aromatic N) is 4. The Morgan fingerprint density at radius 1 is 1.00 bits per heavy atom. The molecule has 254 valence electrons. The molecule has 0 unspecified atom stereocenters. The van der Waals surface area contributed by atoms with Gasteiger partial charge in [0.1, 0.15) is 18.9 Å². The molecule has 1 aliphatic heterocycles. The molecule has 1 aliphatic rings. The van der Waals surface area contributed by atoms with E-state index >= 15 is 0 Å². The fourth-order valence-corrected chi connectivity index (χ4v) is 6.87. The van der Waals surface area contributed by atoms with Crippen LogP contribution in [0.25, 0.3) is 27.0 Å². The Balaban J connectivity index is 1.44. The number of hydrogen-bond donors (Lipinski definition) is 0. The Labute approximate surface area is 294 Å². The van der Waals surface area contributed by atoms with Gasteiger partial charge in [-0.15, -0.1) is 0 Å². The van der Waals surface area contributed by atoms with Gasteiger partial charge in [0.2, 0.25) is 0 Å².